The Labute approximate surface area is 140 Å². The van der Waals surface area contributed by atoms with E-state index < -0.39 is 5.97 Å². The van der Waals surface area contributed by atoms with E-state index in [-0.39, 0.29) is 12.5 Å². The minimum Gasteiger partial charge on any atom is -0.462 e. The van der Waals surface area contributed by atoms with Gasteiger partial charge in [0.25, 0.3) is 5.91 Å². The van der Waals surface area contributed by atoms with Gasteiger partial charge in [0.05, 0.1) is 17.9 Å². The van der Waals surface area contributed by atoms with Crippen molar-refractivity contribution in [1.82, 2.24) is 0 Å². The number of esters is 1. The molecular formula is C18H18ClNO3. The third-order valence-corrected chi connectivity index (χ3v) is 3.56. The summed E-state index contributed by atoms with van der Waals surface area (Å²) >= 11 is 5.96. The number of carbonyl (C=O) groups excluding carboxylic acids is 2. The first kappa shape index (κ1) is 17.0. The number of hydrogen-bond acceptors (Lipinski definition) is 3. The molecule has 0 unspecified atom stereocenters. The molecule has 5 heteroatoms. The van der Waals surface area contributed by atoms with Crippen molar-refractivity contribution in [2.24, 2.45) is 0 Å². The number of rotatable bonds is 5. The molecule has 0 N–H and O–H groups in total. The summed E-state index contributed by atoms with van der Waals surface area (Å²) in [7, 11) is 0. The lowest BCUT2D eigenvalue weighted by Crippen LogP contribution is -2.32. The summed E-state index contributed by atoms with van der Waals surface area (Å²) in [5.41, 5.74) is 1.36. The van der Waals surface area contributed by atoms with E-state index in [9.17, 15) is 9.59 Å². The molecule has 0 aliphatic heterocycles. The SMILES string of the molecule is CCOC(=O)c1ccccc1N(CC)C(=O)c1cccc(Cl)c1. The Morgan fingerprint density at radius 2 is 1.83 bits per heavy atom. The minimum atomic E-state index is -0.444. The molecule has 0 atom stereocenters. The maximum absolute atomic E-state index is 12.8. The summed E-state index contributed by atoms with van der Waals surface area (Å²) in [5, 5.41) is 0.491. The lowest BCUT2D eigenvalue weighted by atomic mass is 10.1. The summed E-state index contributed by atoms with van der Waals surface area (Å²) in [5.74, 6) is -0.660. The van der Waals surface area contributed by atoms with E-state index in [1.165, 1.54) is 4.90 Å². The monoisotopic (exact) mass is 331 g/mol. The molecule has 0 fully saturated rings. The van der Waals surface area contributed by atoms with Gasteiger partial charge in [0.15, 0.2) is 0 Å². The normalized spacial score (nSPS) is 10.2. The zero-order chi connectivity index (χ0) is 16.8. The molecule has 4 nitrogen and oxygen atoms in total. The first-order valence-corrected chi connectivity index (χ1v) is 7.79. The summed E-state index contributed by atoms with van der Waals surface area (Å²) in [6.07, 6.45) is 0. The maximum atomic E-state index is 12.8. The minimum absolute atomic E-state index is 0.216. The molecular weight excluding hydrogens is 314 g/mol. The van der Waals surface area contributed by atoms with Crippen molar-refractivity contribution in [3.63, 3.8) is 0 Å². The van der Waals surface area contributed by atoms with E-state index in [1.54, 1.807) is 55.5 Å². The molecule has 0 saturated carbocycles. The highest BCUT2D eigenvalue weighted by Crippen LogP contribution is 2.24. The number of para-hydroxylation sites is 1. The first-order chi connectivity index (χ1) is 11.1. The van der Waals surface area contributed by atoms with E-state index in [4.69, 9.17) is 16.3 Å². The molecule has 120 valence electrons. The van der Waals surface area contributed by atoms with Gasteiger partial charge in [-0.3, -0.25) is 4.79 Å². The van der Waals surface area contributed by atoms with Gasteiger partial charge in [0.2, 0.25) is 0 Å². The molecule has 2 aromatic carbocycles. The van der Waals surface area contributed by atoms with E-state index in [0.717, 1.165) is 0 Å². The molecule has 0 spiro atoms. The van der Waals surface area contributed by atoms with Gasteiger partial charge in [0.1, 0.15) is 0 Å². The first-order valence-electron chi connectivity index (χ1n) is 7.42. The van der Waals surface area contributed by atoms with E-state index in [0.29, 0.717) is 28.4 Å². The number of hydrogen-bond donors (Lipinski definition) is 0. The van der Waals surface area contributed by atoms with Crippen LogP contribution >= 0.6 is 11.6 Å². The molecule has 0 radical (unpaired) electrons. The van der Waals surface area contributed by atoms with E-state index in [1.807, 2.05) is 6.92 Å². The Morgan fingerprint density at radius 3 is 2.48 bits per heavy atom. The van der Waals surface area contributed by atoms with Crippen LogP contribution in [0, 0.1) is 0 Å². The molecule has 23 heavy (non-hydrogen) atoms. The van der Waals surface area contributed by atoms with Crippen LogP contribution in [-0.2, 0) is 4.74 Å². The van der Waals surface area contributed by atoms with Gasteiger partial charge in [-0.2, -0.15) is 0 Å². The predicted octanol–water partition coefficient (Wildman–Crippen LogP) is 4.18. The summed E-state index contributed by atoms with van der Waals surface area (Å²) in [4.78, 5) is 26.4. The highest BCUT2D eigenvalue weighted by Gasteiger charge is 2.22. The van der Waals surface area contributed by atoms with Gasteiger partial charge in [-0.25, -0.2) is 4.79 Å². The average molecular weight is 332 g/mol. The van der Waals surface area contributed by atoms with Crippen LogP contribution < -0.4 is 4.90 Å². The molecule has 0 bridgehead atoms. The van der Waals surface area contributed by atoms with Gasteiger partial charge in [-0.15, -0.1) is 0 Å². The van der Waals surface area contributed by atoms with Crippen LogP contribution in [0.25, 0.3) is 0 Å². The van der Waals surface area contributed by atoms with Crippen molar-refractivity contribution >= 4 is 29.2 Å². The number of benzene rings is 2. The van der Waals surface area contributed by atoms with Gasteiger partial charge in [-0.1, -0.05) is 29.8 Å². The lowest BCUT2D eigenvalue weighted by Gasteiger charge is -2.23. The zero-order valence-corrected chi connectivity index (χ0v) is 13.8. The summed E-state index contributed by atoms with van der Waals surface area (Å²) in [6.45, 7) is 4.29. The van der Waals surface area contributed by atoms with Crippen LogP contribution in [0.5, 0.6) is 0 Å². The number of ether oxygens (including phenoxy) is 1. The second-order valence-electron chi connectivity index (χ2n) is 4.80. The predicted molar refractivity (Wildman–Crippen MR) is 91.2 cm³/mol. The average Bonchev–Trinajstić information content (AvgIpc) is 2.56. The molecule has 0 aromatic heterocycles. The van der Waals surface area contributed by atoms with Crippen LogP contribution in [0.4, 0.5) is 5.69 Å². The van der Waals surface area contributed by atoms with Crippen molar-refractivity contribution in [2.75, 3.05) is 18.1 Å². The third-order valence-electron chi connectivity index (χ3n) is 3.32. The Bertz CT molecular complexity index is 715. The number of carbonyl (C=O) groups is 2. The fourth-order valence-corrected chi connectivity index (χ4v) is 2.48. The molecule has 0 aliphatic rings. The number of nitrogens with zero attached hydrogens (tertiary/aromatic N) is 1. The lowest BCUT2D eigenvalue weighted by molar-refractivity contribution is 0.0527. The third kappa shape index (κ3) is 3.90. The van der Waals surface area contributed by atoms with Gasteiger partial charge < -0.3 is 9.64 Å². The van der Waals surface area contributed by atoms with Crippen molar-refractivity contribution in [2.45, 2.75) is 13.8 Å². The molecule has 2 rings (SSSR count). The van der Waals surface area contributed by atoms with Gasteiger partial charge in [0, 0.05) is 17.1 Å². The highest BCUT2D eigenvalue weighted by molar-refractivity contribution is 6.31. The second-order valence-corrected chi connectivity index (χ2v) is 5.23. The molecule has 0 aliphatic carbocycles. The standard InChI is InChI=1S/C18H18ClNO3/c1-3-20(17(21)13-8-7-9-14(19)12-13)16-11-6-5-10-15(16)18(22)23-4-2/h5-12H,3-4H2,1-2H3. The zero-order valence-electron chi connectivity index (χ0n) is 13.1. The summed E-state index contributed by atoms with van der Waals surface area (Å²) < 4.78 is 5.07. The fourth-order valence-electron chi connectivity index (χ4n) is 2.29. The van der Waals surface area contributed by atoms with Crippen molar-refractivity contribution in [1.29, 1.82) is 0 Å². The topological polar surface area (TPSA) is 46.6 Å². The Kier molecular flexibility index (Phi) is 5.77. The van der Waals surface area contributed by atoms with Crippen LogP contribution in [-0.4, -0.2) is 25.0 Å². The number of anilines is 1. The smallest absolute Gasteiger partial charge is 0.340 e. The van der Waals surface area contributed by atoms with Crippen molar-refractivity contribution < 1.29 is 14.3 Å². The maximum Gasteiger partial charge on any atom is 0.340 e. The number of halogens is 1. The fraction of sp³-hybridized carbons (Fsp3) is 0.222. The quantitative estimate of drug-likeness (QED) is 0.772. The van der Waals surface area contributed by atoms with Crippen molar-refractivity contribution in [3.8, 4) is 0 Å². The van der Waals surface area contributed by atoms with Crippen LogP contribution in [0.1, 0.15) is 34.6 Å². The Hall–Kier alpha value is -2.33. The Balaban J connectivity index is 2.42. The van der Waals surface area contributed by atoms with Crippen LogP contribution in [0.15, 0.2) is 48.5 Å². The van der Waals surface area contributed by atoms with E-state index >= 15 is 0 Å². The molecule has 1 amide bonds. The number of amides is 1. The highest BCUT2D eigenvalue weighted by atomic mass is 35.5. The van der Waals surface area contributed by atoms with Crippen LogP contribution in [0.2, 0.25) is 5.02 Å². The molecule has 0 saturated heterocycles. The largest absolute Gasteiger partial charge is 0.462 e. The van der Waals surface area contributed by atoms with Gasteiger partial charge >= 0.3 is 5.97 Å². The second kappa shape index (κ2) is 7.79. The molecule has 0 heterocycles. The van der Waals surface area contributed by atoms with Gasteiger partial charge in [-0.05, 0) is 44.2 Å². The Morgan fingerprint density at radius 1 is 1.09 bits per heavy atom. The van der Waals surface area contributed by atoms with E-state index in [2.05, 4.69) is 0 Å². The molecule has 2 aromatic rings. The van der Waals surface area contributed by atoms with Crippen LogP contribution in [0.3, 0.4) is 0 Å². The summed E-state index contributed by atoms with van der Waals surface area (Å²) in [6, 6.07) is 13.7. The van der Waals surface area contributed by atoms with Crippen molar-refractivity contribution in [3.05, 3.63) is 64.7 Å².